The van der Waals surface area contributed by atoms with Crippen LogP contribution in [0.1, 0.15) is 11.1 Å². The zero-order valence-corrected chi connectivity index (χ0v) is 13.4. The Morgan fingerprint density at radius 2 is 2.04 bits per heavy atom. The second-order valence-corrected chi connectivity index (χ2v) is 5.69. The minimum absolute atomic E-state index is 0.196. The van der Waals surface area contributed by atoms with Gasteiger partial charge in [-0.25, -0.2) is 9.78 Å². The normalized spacial score (nSPS) is 13.9. The van der Waals surface area contributed by atoms with E-state index in [2.05, 4.69) is 4.98 Å². The number of benzene rings is 2. The van der Waals surface area contributed by atoms with Crippen LogP contribution in [-0.2, 0) is 15.1 Å². The lowest BCUT2D eigenvalue weighted by molar-refractivity contribution is -0.158. The molecule has 5 nitrogen and oxygen atoms in total. The van der Waals surface area contributed by atoms with Crippen LogP contribution in [0.2, 0.25) is 10.0 Å². The van der Waals surface area contributed by atoms with Gasteiger partial charge in [-0.3, -0.25) is 0 Å². The molecule has 1 aromatic heterocycles. The summed E-state index contributed by atoms with van der Waals surface area (Å²) in [4.78, 5) is 16.2. The summed E-state index contributed by atoms with van der Waals surface area (Å²) >= 11 is 12.1. The maximum Gasteiger partial charge on any atom is 0.345 e. The van der Waals surface area contributed by atoms with Crippen LogP contribution in [0, 0.1) is 0 Å². The molecule has 0 aliphatic heterocycles. The average molecular weight is 352 g/mol. The first-order valence-corrected chi connectivity index (χ1v) is 7.32. The van der Waals surface area contributed by atoms with Crippen LogP contribution in [-0.4, -0.2) is 23.2 Å². The molecule has 0 bridgehead atoms. The van der Waals surface area contributed by atoms with Gasteiger partial charge in [-0.1, -0.05) is 35.3 Å². The van der Waals surface area contributed by atoms with Gasteiger partial charge in [0.1, 0.15) is 5.52 Å². The van der Waals surface area contributed by atoms with E-state index in [0.717, 1.165) is 0 Å². The minimum Gasteiger partial charge on any atom is -0.479 e. The first kappa shape index (κ1) is 15.8. The van der Waals surface area contributed by atoms with Crippen molar-refractivity contribution in [1.82, 2.24) is 4.98 Å². The number of carboxylic acid groups (broad SMARTS) is 1. The zero-order valence-electron chi connectivity index (χ0n) is 11.9. The summed E-state index contributed by atoms with van der Waals surface area (Å²) < 4.78 is 10.6. The van der Waals surface area contributed by atoms with Crippen molar-refractivity contribution in [3.63, 3.8) is 0 Å². The number of ether oxygens (including phenoxy) is 1. The summed E-state index contributed by atoms with van der Waals surface area (Å²) in [5.74, 6) is -1.20. The molecular weight excluding hydrogens is 341 g/mol. The molecule has 0 fully saturated rings. The molecule has 0 amide bonds. The van der Waals surface area contributed by atoms with Crippen LogP contribution in [0.3, 0.4) is 0 Å². The number of carbonyl (C=O) groups is 1. The van der Waals surface area contributed by atoms with Crippen LogP contribution < -0.4 is 0 Å². The number of hydrogen-bond acceptors (Lipinski definition) is 4. The molecule has 23 heavy (non-hydrogen) atoms. The number of halogens is 2. The summed E-state index contributed by atoms with van der Waals surface area (Å²) in [6.07, 6.45) is 1.29. The van der Waals surface area contributed by atoms with Crippen molar-refractivity contribution >= 4 is 40.3 Å². The SMILES string of the molecule is COC(C(=O)O)(c1ccc2ocnc2c1)c1ccc(Cl)cc1Cl. The summed E-state index contributed by atoms with van der Waals surface area (Å²) in [7, 11) is 1.31. The highest BCUT2D eigenvalue weighted by molar-refractivity contribution is 6.35. The summed E-state index contributed by atoms with van der Waals surface area (Å²) in [5, 5.41) is 10.5. The van der Waals surface area contributed by atoms with Crippen LogP contribution in [0.4, 0.5) is 0 Å². The molecule has 0 aliphatic rings. The molecule has 2 aromatic carbocycles. The molecule has 3 rings (SSSR count). The predicted octanol–water partition coefficient (Wildman–Crippen LogP) is 4.11. The summed E-state index contributed by atoms with van der Waals surface area (Å²) in [6.45, 7) is 0. The Balaban J connectivity index is 2.29. The number of aliphatic carboxylic acids is 1. The Labute approximate surface area is 141 Å². The third-order valence-electron chi connectivity index (χ3n) is 3.65. The van der Waals surface area contributed by atoms with Gasteiger partial charge in [-0.05, 0) is 24.3 Å². The first-order chi connectivity index (χ1) is 11.0. The molecule has 118 valence electrons. The Morgan fingerprint density at radius 1 is 1.26 bits per heavy atom. The lowest BCUT2D eigenvalue weighted by atomic mass is 9.85. The fraction of sp³-hybridized carbons (Fsp3) is 0.125. The Bertz CT molecular complexity index is 893. The zero-order chi connectivity index (χ0) is 16.6. The van der Waals surface area contributed by atoms with Gasteiger partial charge in [0.25, 0.3) is 0 Å². The van der Waals surface area contributed by atoms with Crippen molar-refractivity contribution in [2.24, 2.45) is 0 Å². The van der Waals surface area contributed by atoms with Crippen molar-refractivity contribution in [3.8, 4) is 0 Å². The second kappa shape index (κ2) is 5.85. The minimum atomic E-state index is -1.78. The average Bonchev–Trinajstić information content (AvgIpc) is 2.97. The van der Waals surface area contributed by atoms with E-state index in [1.807, 2.05) is 0 Å². The Morgan fingerprint density at radius 3 is 2.70 bits per heavy atom. The van der Waals surface area contributed by atoms with Gasteiger partial charge < -0.3 is 14.3 Å². The largest absolute Gasteiger partial charge is 0.479 e. The number of methoxy groups -OCH3 is 1. The Kier molecular flexibility index (Phi) is 4.02. The predicted molar refractivity (Wildman–Crippen MR) is 85.9 cm³/mol. The van der Waals surface area contributed by atoms with E-state index in [-0.39, 0.29) is 10.6 Å². The molecule has 0 saturated carbocycles. The summed E-state index contributed by atoms with van der Waals surface area (Å²) in [6, 6.07) is 9.42. The number of aromatic nitrogens is 1. The lowest BCUT2D eigenvalue weighted by Gasteiger charge is -2.29. The highest BCUT2D eigenvalue weighted by Crippen LogP contribution is 2.39. The van der Waals surface area contributed by atoms with Crippen LogP contribution in [0.25, 0.3) is 11.1 Å². The molecular formula is C16H11Cl2NO4. The van der Waals surface area contributed by atoms with E-state index >= 15 is 0 Å². The lowest BCUT2D eigenvalue weighted by Crippen LogP contribution is -2.39. The van der Waals surface area contributed by atoms with Crippen molar-refractivity contribution in [2.75, 3.05) is 7.11 Å². The highest BCUT2D eigenvalue weighted by atomic mass is 35.5. The van der Waals surface area contributed by atoms with Crippen molar-refractivity contribution in [2.45, 2.75) is 5.60 Å². The van der Waals surface area contributed by atoms with Crippen molar-refractivity contribution in [1.29, 1.82) is 0 Å². The maximum atomic E-state index is 12.1. The number of rotatable bonds is 4. The molecule has 7 heteroatoms. The van der Waals surface area contributed by atoms with E-state index in [1.54, 1.807) is 24.3 Å². The van der Waals surface area contributed by atoms with Gasteiger partial charge in [0.05, 0.1) is 0 Å². The molecule has 3 aromatic rings. The summed E-state index contributed by atoms with van der Waals surface area (Å²) in [5.41, 5.74) is -0.0596. The topological polar surface area (TPSA) is 72.6 Å². The molecule has 0 radical (unpaired) electrons. The van der Waals surface area contributed by atoms with Gasteiger partial charge in [0.15, 0.2) is 12.0 Å². The fourth-order valence-electron chi connectivity index (χ4n) is 2.56. The molecule has 0 saturated heterocycles. The number of fused-ring (bicyclic) bond motifs is 1. The molecule has 0 spiro atoms. The number of hydrogen-bond donors (Lipinski definition) is 1. The van der Waals surface area contributed by atoms with Crippen LogP contribution >= 0.6 is 23.2 Å². The van der Waals surface area contributed by atoms with Crippen molar-refractivity contribution < 1.29 is 19.1 Å². The third kappa shape index (κ3) is 2.47. The molecule has 1 N–H and O–H groups in total. The van der Waals surface area contributed by atoms with E-state index in [0.29, 0.717) is 21.7 Å². The second-order valence-electron chi connectivity index (χ2n) is 4.85. The van der Waals surface area contributed by atoms with Crippen molar-refractivity contribution in [3.05, 3.63) is 64.0 Å². The third-order valence-corrected chi connectivity index (χ3v) is 4.20. The highest BCUT2D eigenvalue weighted by Gasteiger charge is 2.44. The molecule has 1 heterocycles. The van der Waals surface area contributed by atoms with E-state index in [1.165, 1.54) is 25.6 Å². The van der Waals surface area contributed by atoms with Gasteiger partial charge in [-0.15, -0.1) is 0 Å². The van der Waals surface area contributed by atoms with E-state index in [9.17, 15) is 9.90 Å². The van der Waals surface area contributed by atoms with Gasteiger partial charge >= 0.3 is 5.97 Å². The van der Waals surface area contributed by atoms with Crippen LogP contribution in [0.5, 0.6) is 0 Å². The first-order valence-electron chi connectivity index (χ1n) is 6.57. The fourth-order valence-corrected chi connectivity index (χ4v) is 3.10. The smallest absolute Gasteiger partial charge is 0.345 e. The standard InChI is InChI=1S/C16H11Cl2NO4/c1-22-16(15(20)21,11-4-3-10(17)7-12(11)18)9-2-5-14-13(6-9)19-8-23-14/h2-8H,1H3,(H,20,21). The van der Waals surface area contributed by atoms with Gasteiger partial charge in [0.2, 0.25) is 5.60 Å². The molecule has 1 atom stereocenters. The molecule has 1 unspecified atom stereocenters. The number of carboxylic acids is 1. The quantitative estimate of drug-likeness (QED) is 0.765. The monoisotopic (exact) mass is 351 g/mol. The van der Waals surface area contributed by atoms with Gasteiger partial charge in [0, 0.05) is 28.3 Å². The Hall–Kier alpha value is -2.08. The van der Waals surface area contributed by atoms with E-state index < -0.39 is 11.6 Å². The van der Waals surface area contributed by atoms with Gasteiger partial charge in [-0.2, -0.15) is 0 Å². The van der Waals surface area contributed by atoms with Crippen LogP contribution in [0.15, 0.2) is 47.2 Å². The van der Waals surface area contributed by atoms with E-state index in [4.69, 9.17) is 32.4 Å². The number of nitrogens with zero attached hydrogens (tertiary/aromatic N) is 1. The maximum absolute atomic E-state index is 12.1. The molecule has 0 aliphatic carbocycles. The number of oxazole rings is 1.